The van der Waals surface area contributed by atoms with E-state index >= 15 is 0 Å². The van der Waals surface area contributed by atoms with Gasteiger partial charge in [-0.25, -0.2) is 9.97 Å². The van der Waals surface area contributed by atoms with Crippen molar-refractivity contribution in [3.8, 4) is 0 Å². The summed E-state index contributed by atoms with van der Waals surface area (Å²) in [6.45, 7) is 3.81. The molecule has 1 heterocycles. The van der Waals surface area contributed by atoms with E-state index < -0.39 is 5.60 Å². The molecule has 1 rings (SSSR count). The lowest BCUT2D eigenvalue weighted by Crippen LogP contribution is -2.29. The van der Waals surface area contributed by atoms with Crippen molar-refractivity contribution < 1.29 is 5.11 Å². The number of aromatic nitrogens is 2. The Morgan fingerprint density at radius 1 is 1.62 bits per heavy atom. The molecule has 0 atom stereocenters. The van der Waals surface area contributed by atoms with Crippen LogP contribution in [0.4, 0.5) is 11.5 Å². The summed E-state index contributed by atoms with van der Waals surface area (Å²) in [6.07, 6.45) is 2.92. The molecule has 1 aromatic heterocycles. The zero-order valence-corrected chi connectivity index (χ0v) is 7.78. The van der Waals surface area contributed by atoms with Crippen molar-refractivity contribution in [3.05, 3.63) is 12.5 Å². The average Bonchev–Trinajstić information content (AvgIpc) is 2.01. The number of hydrogen-bond acceptors (Lipinski definition) is 5. The molecule has 5 nitrogen and oxygen atoms in total. The highest BCUT2D eigenvalue weighted by Crippen LogP contribution is 2.12. The molecule has 0 aliphatic heterocycles. The Balaban J connectivity index is 2.60. The molecule has 0 aliphatic carbocycles. The third-order valence-electron chi connectivity index (χ3n) is 1.43. The molecule has 0 aromatic carbocycles. The molecular formula is C8H14N4O. The van der Waals surface area contributed by atoms with Crippen LogP contribution in [0.2, 0.25) is 0 Å². The van der Waals surface area contributed by atoms with Gasteiger partial charge in [-0.2, -0.15) is 0 Å². The summed E-state index contributed by atoms with van der Waals surface area (Å²) in [5.41, 5.74) is 5.28. The van der Waals surface area contributed by atoms with Crippen LogP contribution in [0.1, 0.15) is 13.8 Å². The van der Waals surface area contributed by atoms with Gasteiger partial charge in [0.1, 0.15) is 6.33 Å². The summed E-state index contributed by atoms with van der Waals surface area (Å²) in [7, 11) is 0. The van der Waals surface area contributed by atoms with Gasteiger partial charge in [-0.05, 0) is 13.8 Å². The molecule has 0 saturated heterocycles. The second kappa shape index (κ2) is 3.57. The average molecular weight is 182 g/mol. The van der Waals surface area contributed by atoms with Crippen LogP contribution in [0.25, 0.3) is 0 Å². The molecule has 0 fully saturated rings. The van der Waals surface area contributed by atoms with Gasteiger partial charge >= 0.3 is 0 Å². The van der Waals surface area contributed by atoms with E-state index in [0.717, 1.165) is 0 Å². The number of hydrogen-bond donors (Lipinski definition) is 3. The van der Waals surface area contributed by atoms with E-state index in [1.165, 1.54) is 12.5 Å². The zero-order valence-electron chi connectivity index (χ0n) is 7.78. The number of rotatable bonds is 3. The SMILES string of the molecule is CC(C)(O)CNc1ncncc1N. The van der Waals surface area contributed by atoms with Gasteiger partial charge in [0.15, 0.2) is 5.82 Å². The van der Waals surface area contributed by atoms with E-state index in [0.29, 0.717) is 18.1 Å². The Morgan fingerprint density at radius 2 is 2.31 bits per heavy atom. The Bertz CT molecular complexity index is 282. The second-order valence-electron chi connectivity index (χ2n) is 3.49. The normalized spacial score (nSPS) is 11.3. The van der Waals surface area contributed by atoms with Crippen LogP contribution in [0.3, 0.4) is 0 Å². The maximum atomic E-state index is 9.42. The highest BCUT2D eigenvalue weighted by atomic mass is 16.3. The van der Waals surface area contributed by atoms with E-state index in [1.54, 1.807) is 13.8 Å². The first-order valence-corrected chi connectivity index (χ1v) is 4.01. The topological polar surface area (TPSA) is 84.1 Å². The molecule has 0 radical (unpaired) electrons. The fourth-order valence-electron chi connectivity index (χ4n) is 0.788. The van der Waals surface area contributed by atoms with Gasteiger partial charge in [-0.1, -0.05) is 0 Å². The number of nitrogens with one attached hydrogen (secondary N) is 1. The highest BCUT2D eigenvalue weighted by Gasteiger charge is 2.12. The van der Waals surface area contributed by atoms with Gasteiger partial charge in [0, 0.05) is 6.54 Å². The summed E-state index contributed by atoms with van der Waals surface area (Å²) < 4.78 is 0. The first-order chi connectivity index (χ1) is 5.99. The van der Waals surface area contributed by atoms with Gasteiger partial charge in [-0.15, -0.1) is 0 Å². The van der Waals surface area contributed by atoms with Crippen molar-refractivity contribution in [1.82, 2.24) is 9.97 Å². The van der Waals surface area contributed by atoms with Gasteiger partial charge in [0.05, 0.1) is 17.5 Å². The minimum Gasteiger partial charge on any atom is -0.394 e. The van der Waals surface area contributed by atoms with Crippen molar-refractivity contribution in [2.75, 3.05) is 17.6 Å². The molecule has 13 heavy (non-hydrogen) atoms. The maximum Gasteiger partial charge on any atom is 0.152 e. The molecule has 0 amide bonds. The van der Waals surface area contributed by atoms with E-state index in [9.17, 15) is 5.11 Å². The predicted molar refractivity (Wildman–Crippen MR) is 51.2 cm³/mol. The van der Waals surface area contributed by atoms with Crippen molar-refractivity contribution >= 4 is 11.5 Å². The first-order valence-electron chi connectivity index (χ1n) is 4.01. The van der Waals surface area contributed by atoms with Crippen molar-refractivity contribution in [3.63, 3.8) is 0 Å². The lowest BCUT2D eigenvalue weighted by Gasteiger charge is -2.18. The summed E-state index contributed by atoms with van der Waals surface area (Å²) in [6, 6.07) is 0. The summed E-state index contributed by atoms with van der Waals surface area (Å²) in [5, 5.41) is 12.3. The zero-order chi connectivity index (χ0) is 9.90. The Kier molecular flexibility index (Phi) is 2.67. The van der Waals surface area contributed by atoms with Crippen molar-refractivity contribution in [2.24, 2.45) is 0 Å². The molecular weight excluding hydrogens is 168 g/mol. The third kappa shape index (κ3) is 3.25. The van der Waals surface area contributed by atoms with Crippen LogP contribution in [-0.4, -0.2) is 27.2 Å². The van der Waals surface area contributed by atoms with E-state index in [-0.39, 0.29) is 0 Å². The monoisotopic (exact) mass is 182 g/mol. The lowest BCUT2D eigenvalue weighted by atomic mass is 10.1. The standard InChI is InChI=1S/C8H14N4O/c1-8(2,13)4-11-7-6(9)3-10-5-12-7/h3,5,13H,4,9H2,1-2H3,(H,10,11,12). The Labute approximate surface area is 77.0 Å². The largest absolute Gasteiger partial charge is 0.394 e. The molecule has 0 aliphatic rings. The number of anilines is 2. The van der Waals surface area contributed by atoms with E-state index in [2.05, 4.69) is 15.3 Å². The molecule has 0 saturated carbocycles. The first kappa shape index (κ1) is 9.73. The number of nitrogens with two attached hydrogens (primary N) is 1. The van der Waals surface area contributed by atoms with Crippen LogP contribution in [-0.2, 0) is 0 Å². The molecule has 0 spiro atoms. The molecule has 5 heteroatoms. The van der Waals surface area contributed by atoms with E-state index in [1.807, 2.05) is 0 Å². The minimum atomic E-state index is -0.780. The van der Waals surface area contributed by atoms with Gasteiger partial charge < -0.3 is 16.2 Å². The van der Waals surface area contributed by atoms with Crippen LogP contribution >= 0.6 is 0 Å². The number of nitrogen functional groups attached to an aromatic ring is 1. The fraction of sp³-hybridized carbons (Fsp3) is 0.500. The van der Waals surface area contributed by atoms with Crippen molar-refractivity contribution in [1.29, 1.82) is 0 Å². The maximum absolute atomic E-state index is 9.42. The molecule has 1 aromatic rings. The fourth-order valence-corrected chi connectivity index (χ4v) is 0.788. The van der Waals surface area contributed by atoms with Gasteiger partial charge in [-0.3, -0.25) is 0 Å². The Morgan fingerprint density at radius 3 is 2.85 bits per heavy atom. The number of nitrogens with zero attached hydrogens (tertiary/aromatic N) is 2. The van der Waals surface area contributed by atoms with Crippen LogP contribution in [0.5, 0.6) is 0 Å². The molecule has 4 N–H and O–H groups in total. The molecule has 72 valence electrons. The van der Waals surface area contributed by atoms with Crippen LogP contribution in [0.15, 0.2) is 12.5 Å². The van der Waals surface area contributed by atoms with Gasteiger partial charge in [0.25, 0.3) is 0 Å². The number of aliphatic hydroxyl groups is 1. The summed E-state index contributed by atoms with van der Waals surface area (Å²) in [5.74, 6) is 0.553. The smallest absolute Gasteiger partial charge is 0.152 e. The van der Waals surface area contributed by atoms with E-state index in [4.69, 9.17) is 5.73 Å². The molecule has 0 unspecified atom stereocenters. The Hall–Kier alpha value is -1.36. The van der Waals surface area contributed by atoms with Gasteiger partial charge in [0.2, 0.25) is 0 Å². The lowest BCUT2D eigenvalue weighted by molar-refractivity contribution is 0.0944. The minimum absolute atomic E-state index is 0.397. The van der Waals surface area contributed by atoms with Crippen LogP contribution in [0, 0.1) is 0 Å². The second-order valence-corrected chi connectivity index (χ2v) is 3.49. The quantitative estimate of drug-likeness (QED) is 0.623. The summed E-state index contributed by atoms with van der Waals surface area (Å²) >= 11 is 0. The predicted octanol–water partition coefficient (Wildman–Crippen LogP) is 0.242. The highest BCUT2D eigenvalue weighted by molar-refractivity contribution is 5.58. The van der Waals surface area contributed by atoms with Crippen LogP contribution < -0.4 is 11.1 Å². The summed E-state index contributed by atoms with van der Waals surface area (Å²) in [4.78, 5) is 7.67. The molecule has 0 bridgehead atoms. The van der Waals surface area contributed by atoms with Crippen molar-refractivity contribution in [2.45, 2.75) is 19.4 Å². The third-order valence-corrected chi connectivity index (χ3v) is 1.43.